The van der Waals surface area contributed by atoms with E-state index in [1.807, 2.05) is 26.0 Å². The number of hydrogen-bond donors (Lipinski definition) is 1. The molecular formula is C28H32ClIO5. The van der Waals surface area contributed by atoms with Gasteiger partial charge in [0.15, 0.2) is 5.78 Å². The minimum atomic E-state index is -1.62. The van der Waals surface area contributed by atoms with Crippen molar-refractivity contribution in [3.63, 3.8) is 0 Å². The van der Waals surface area contributed by atoms with Gasteiger partial charge in [0.05, 0.1) is 10.4 Å². The Hall–Kier alpha value is -1.41. The molecule has 4 aliphatic carbocycles. The molecular weight excluding hydrogens is 579 g/mol. The van der Waals surface area contributed by atoms with Crippen molar-refractivity contribution in [2.45, 2.75) is 76.2 Å². The molecule has 0 spiro atoms. The molecule has 2 unspecified atom stereocenters. The second kappa shape index (κ2) is 8.30. The summed E-state index contributed by atoms with van der Waals surface area (Å²) in [6, 6.07) is 7.05. The Morgan fingerprint density at radius 2 is 1.89 bits per heavy atom. The quantitative estimate of drug-likeness (QED) is 0.243. The molecule has 5 nitrogen and oxygen atoms in total. The smallest absolute Gasteiger partial charge is 0.349 e. The maximum atomic E-state index is 13.3. The van der Waals surface area contributed by atoms with Gasteiger partial charge in [-0.3, -0.25) is 4.79 Å². The first-order chi connectivity index (χ1) is 16.4. The number of carboxylic acid groups (broad SMARTS) is 1. The molecule has 0 heterocycles. The number of rotatable bonds is 3. The minimum Gasteiger partial charge on any atom is -0.478 e. The predicted molar refractivity (Wildman–Crippen MR) is 141 cm³/mol. The topological polar surface area (TPSA) is 80.7 Å². The van der Waals surface area contributed by atoms with Gasteiger partial charge in [-0.15, -0.1) is 11.6 Å². The van der Waals surface area contributed by atoms with Gasteiger partial charge < -0.3 is 9.84 Å². The minimum absolute atomic E-state index is 0.0135. The number of alkyl halides is 1. The molecule has 0 saturated heterocycles. The third-order valence-corrected chi connectivity index (χ3v) is 11.8. The first kappa shape index (κ1) is 25.2. The number of esters is 1. The molecule has 0 amide bonds. The molecule has 1 aromatic carbocycles. The lowest BCUT2D eigenvalue weighted by atomic mass is 9.46. The number of ketones is 1. The van der Waals surface area contributed by atoms with Crippen molar-refractivity contribution in [1.29, 1.82) is 0 Å². The van der Waals surface area contributed by atoms with Gasteiger partial charge in [-0.05, 0) is 97.2 Å². The Labute approximate surface area is 225 Å². The molecule has 5 rings (SSSR count). The van der Waals surface area contributed by atoms with E-state index in [-0.39, 0.29) is 29.0 Å². The Kier molecular flexibility index (Phi) is 5.99. The summed E-state index contributed by atoms with van der Waals surface area (Å²) in [5.41, 5.74) is -1.10. The van der Waals surface area contributed by atoms with Gasteiger partial charge in [-0.25, -0.2) is 9.59 Å². The number of aliphatic carboxylic acids is 1. The normalized spacial score (nSPS) is 42.4. The first-order valence-electron chi connectivity index (χ1n) is 12.5. The summed E-state index contributed by atoms with van der Waals surface area (Å²) >= 11 is 9.73. The van der Waals surface area contributed by atoms with Crippen LogP contribution in [0.25, 0.3) is 0 Å². The van der Waals surface area contributed by atoms with E-state index in [1.165, 1.54) is 0 Å². The maximum absolute atomic E-state index is 13.3. The number of carbonyl (C=O) groups is 3. The van der Waals surface area contributed by atoms with E-state index in [2.05, 4.69) is 29.5 Å². The molecule has 0 aliphatic heterocycles. The summed E-state index contributed by atoms with van der Waals surface area (Å²) in [7, 11) is 0. The monoisotopic (exact) mass is 610 g/mol. The van der Waals surface area contributed by atoms with E-state index in [9.17, 15) is 19.5 Å². The third-order valence-electron chi connectivity index (χ3n) is 10.2. The predicted octanol–water partition coefficient (Wildman–Crippen LogP) is 6.41. The number of allylic oxidation sites excluding steroid dienone is 1. The zero-order valence-electron chi connectivity index (χ0n) is 20.4. The Balaban J connectivity index is 1.54. The van der Waals surface area contributed by atoms with Crippen molar-refractivity contribution in [1.82, 2.24) is 0 Å². The lowest BCUT2D eigenvalue weighted by Gasteiger charge is -2.63. The highest BCUT2D eigenvalue weighted by molar-refractivity contribution is 14.1. The molecule has 0 bridgehead atoms. The SMILES string of the molecule is CC1C[C@H]2[C@@H]3CCC4=CC(=O)CC[C@]4(C)[C@]3(Cl)CC[C@]2(C)C1(OC(=O)c1cccc(I)c1)C(=O)O. The Morgan fingerprint density at radius 3 is 2.57 bits per heavy atom. The first-order valence-corrected chi connectivity index (χ1v) is 14.0. The molecule has 188 valence electrons. The number of fused-ring (bicyclic) bond motifs is 5. The lowest BCUT2D eigenvalue weighted by molar-refractivity contribution is -0.187. The molecule has 7 atom stereocenters. The average Bonchev–Trinajstić information content (AvgIpc) is 3.02. The molecule has 7 heteroatoms. The van der Waals surface area contributed by atoms with Crippen molar-refractivity contribution < 1.29 is 24.2 Å². The number of benzene rings is 1. The van der Waals surface area contributed by atoms with Crippen molar-refractivity contribution in [2.75, 3.05) is 0 Å². The largest absolute Gasteiger partial charge is 0.478 e. The molecule has 3 fully saturated rings. The highest BCUT2D eigenvalue weighted by Crippen LogP contribution is 2.72. The van der Waals surface area contributed by atoms with Crippen LogP contribution in [0.4, 0.5) is 0 Å². The van der Waals surface area contributed by atoms with Gasteiger partial charge in [-0.1, -0.05) is 32.4 Å². The fraction of sp³-hybridized carbons (Fsp3) is 0.607. The van der Waals surface area contributed by atoms with Gasteiger partial charge in [0.25, 0.3) is 0 Å². The van der Waals surface area contributed by atoms with Crippen molar-refractivity contribution in [3.8, 4) is 0 Å². The van der Waals surface area contributed by atoms with Crippen molar-refractivity contribution >= 4 is 51.9 Å². The van der Waals surface area contributed by atoms with E-state index in [0.717, 1.165) is 28.4 Å². The van der Waals surface area contributed by atoms with Crippen molar-refractivity contribution in [2.24, 2.45) is 28.6 Å². The number of carboxylic acids is 1. The molecule has 0 aromatic heterocycles. The van der Waals surface area contributed by atoms with E-state index >= 15 is 0 Å². The van der Waals surface area contributed by atoms with Crippen LogP contribution in [0.15, 0.2) is 35.9 Å². The van der Waals surface area contributed by atoms with Crippen LogP contribution in [0.5, 0.6) is 0 Å². The van der Waals surface area contributed by atoms with Crippen LogP contribution < -0.4 is 0 Å². The summed E-state index contributed by atoms with van der Waals surface area (Å²) in [4.78, 5) is 38.0. The van der Waals surface area contributed by atoms with Crippen LogP contribution >= 0.6 is 34.2 Å². The van der Waals surface area contributed by atoms with Gasteiger partial charge in [0.1, 0.15) is 0 Å². The number of halogens is 2. The van der Waals surface area contributed by atoms with Crippen LogP contribution in [-0.4, -0.2) is 33.3 Å². The molecule has 4 aliphatic rings. The second-order valence-electron chi connectivity index (χ2n) is 11.6. The summed E-state index contributed by atoms with van der Waals surface area (Å²) in [5, 5.41) is 10.7. The molecule has 3 saturated carbocycles. The van der Waals surface area contributed by atoms with Gasteiger partial charge >= 0.3 is 11.9 Å². The standard InChI is InChI=1S/C28H32ClIO5/c1-16-13-22-21-8-7-18-15-20(31)9-10-25(18,2)27(21,29)12-11-26(22,3)28(16,24(33)34)35-23(32)17-5-4-6-19(30)14-17/h4-6,14-16,21-22H,7-13H2,1-3H3,(H,33,34)/t16?,21-,22-,25-,26-,27-,28?/m0/s1. The van der Waals surface area contributed by atoms with E-state index in [0.29, 0.717) is 31.2 Å². The van der Waals surface area contributed by atoms with Crippen LogP contribution in [-0.2, 0) is 14.3 Å². The fourth-order valence-electron chi connectivity index (χ4n) is 8.32. The molecule has 35 heavy (non-hydrogen) atoms. The summed E-state index contributed by atoms with van der Waals surface area (Å²) in [6.45, 7) is 6.11. The number of ether oxygens (including phenoxy) is 1. The maximum Gasteiger partial charge on any atom is 0.349 e. The summed E-state index contributed by atoms with van der Waals surface area (Å²) in [6.07, 6.45) is 6.54. The molecule has 0 radical (unpaired) electrons. The van der Waals surface area contributed by atoms with E-state index in [4.69, 9.17) is 16.3 Å². The molecule has 1 aromatic rings. The third kappa shape index (κ3) is 3.34. The van der Waals surface area contributed by atoms with Gasteiger partial charge in [0, 0.05) is 26.7 Å². The fourth-order valence-corrected chi connectivity index (χ4v) is 9.43. The summed E-state index contributed by atoms with van der Waals surface area (Å²) in [5.74, 6) is -1.72. The second-order valence-corrected chi connectivity index (χ2v) is 13.5. The van der Waals surface area contributed by atoms with Crippen LogP contribution in [0, 0.1) is 32.2 Å². The highest BCUT2D eigenvalue weighted by atomic mass is 127. The van der Waals surface area contributed by atoms with Gasteiger partial charge in [0.2, 0.25) is 5.60 Å². The van der Waals surface area contributed by atoms with Crippen LogP contribution in [0.2, 0.25) is 0 Å². The number of hydrogen-bond acceptors (Lipinski definition) is 4. The lowest BCUT2D eigenvalue weighted by Crippen LogP contribution is -2.64. The zero-order valence-corrected chi connectivity index (χ0v) is 23.3. The Morgan fingerprint density at radius 1 is 1.14 bits per heavy atom. The Bertz CT molecular complexity index is 1150. The van der Waals surface area contributed by atoms with Crippen LogP contribution in [0.1, 0.15) is 76.1 Å². The summed E-state index contributed by atoms with van der Waals surface area (Å²) < 4.78 is 6.99. The highest BCUT2D eigenvalue weighted by Gasteiger charge is 2.74. The zero-order chi connectivity index (χ0) is 25.4. The van der Waals surface area contributed by atoms with E-state index in [1.54, 1.807) is 18.2 Å². The van der Waals surface area contributed by atoms with E-state index < -0.39 is 27.8 Å². The average molecular weight is 611 g/mol. The number of carbonyl (C=O) groups excluding carboxylic acids is 2. The van der Waals surface area contributed by atoms with Crippen molar-refractivity contribution in [3.05, 3.63) is 45.0 Å². The molecule has 1 N–H and O–H groups in total. The van der Waals surface area contributed by atoms with Crippen LogP contribution in [0.3, 0.4) is 0 Å². The van der Waals surface area contributed by atoms with Gasteiger partial charge in [-0.2, -0.15) is 0 Å².